The SMILES string of the molecule is CCCN(CNc1ccnc(N)n1)C(=O)c1ccccc1-c1nccs1. The predicted octanol–water partition coefficient (Wildman–Crippen LogP) is 3.10. The average molecular weight is 368 g/mol. The van der Waals surface area contributed by atoms with Crippen LogP contribution in [0.5, 0.6) is 0 Å². The third-order valence-electron chi connectivity index (χ3n) is 3.73. The first-order valence-corrected chi connectivity index (χ1v) is 9.17. The molecule has 0 bridgehead atoms. The van der Waals surface area contributed by atoms with Gasteiger partial charge in [0.15, 0.2) is 0 Å². The highest BCUT2D eigenvalue weighted by Gasteiger charge is 2.19. The highest BCUT2D eigenvalue weighted by molar-refractivity contribution is 7.13. The molecule has 8 heteroatoms. The van der Waals surface area contributed by atoms with Crippen LogP contribution in [0.2, 0.25) is 0 Å². The van der Waals surface area contributed by atoms with Gasteiger partial charge in [-0.2, -0.15) is 4.98 Å². The van der Waals surface area contributed by atoms with Crippen molar-refractivity contribution in [3.05, 3.63) is 53.7 Å². The van der Waals surface area contributed by atoms with Crippen molar-refractivity contribution in [2.24, 2.45) is 0 Å². The lowest BCUT2D eigenvalue weighted by atomic mass is 10.1. The number of thiazole rings is 1. The van der Waals surface area contributed by atoms with Crippen LogP contribution >= 0.6 is 11.3 Å². The molecule has 26 heavy (non-hydrogen) atoms. The topological polar surface area (TPSA) is 97.0 Å². The van der Waals surface area contributed by atoms with Crippen LogP contribution in [0, 0.1) is 0 Å². The van der Waals surface area contributed by atoms with E-state index in [0.717, 1.165) is 17.0 Å². The molecule has 0 aliphatic carbocycles. The third kappa shape index (κ3) is 4.15. The summed E-state index contributed by atoms with van der Waals surface area (Å²) in [4.78, 5) is 27.2. The van der Waals surface area contributed by atoms with Gasteiger partial charge in [-0.25, -0.2) is 9.97 Å². The van der Waals surface area contributed by atoms with E-state index in [1.807, 2.05) is 36.6 Å². The third-order valence-corrected chi connectivity index (χ3v) is 4.53. The lowest BCUT2D eigenvalue weighted by Gasteiger charge is -2.23. The van der Waals surface area contributed by atoms with E-state index in [1.165, 1.54) is 11.3 Å². The van der Waals surface area contributed by atoms with Gasteiger partial charge in [-0.15, -0.1) is 11.3 Å². The number of nitrogens with one attached hydrogen (secondary N) is 1. The van der Waals surface area contributed by atoms with Crippen molar-refractivity contribution in [3.8, 4) is 10.6 Å². The standard InChI is InChI=1S/C18H20N6OS/c1-2-10-24(12-22-15-7-8-21-18(19)23-15)17(25)14-6-4-3-5-13(14)16-20-9-11-26-16/h3-9,11H,2,10,12H2,1H3,(H3,19,21,22,23). The Kier molecular flexibility index (Phi) is 5.75. The van der Waals surface area contributed by atoms with E-state index in [1.54, 1.807) is 23.4 Å². The molecule has 0 atom stereocenters. The molecule has 3 aromatic rings. The van der Waals surface area contributed by atoms with Crippen LogP contribution in [0.4, 0.5) is 11.8 Å². The molecule has 134 valence electrons. The highest BCUT2D eigenvalue weighted by atomic mass is 32.1. The maximum absolute atomic E-state index is 13.1. The number of nitrogens with two attached hydrogens (primary N) is 1. The van der Waals surface area contributed by atoms with Crippen LogP contribution in [0.3, 0.4) is 0 Å². The molecular weight excluding hydrogens is 348 g/mol. The van der Waals surface area contributed by atoms with E-state index >= 15 is 0 Å². The largest absolute Gasteiger partial charge is 0.368 e. The van der Waals surface area contributed by atoms with Crippen LogP contribution < -0.4 is 11.1 Å². The molecule has 0 aliphatic rings. The Morgan fingerprint density at radius 3 is 2.81 bits per heavy atom. The van der Waals surface area contributed by atoms with Gasteiger partial charge in [0, 0.05) is 35.4 Å². The summed E-state index contributed by atoms with van der Waals surface area (Å²) in [5.41, 5.74) is 7.09. The first-order valence-electron chi connectivity index (χ1n) is 8.29. The number of hydrogen-bond donors (Lipinski definition) is 2. The van der Waals surface area contributed by atoms with Crippen molar-refractivity contribution in [1.82, 2.24) is 19.9 Å². The van der Waals surface area contributed by atoms with Gasteiger partial charge in [-0.3, -0.25) is 4.79 Å². The molecule has 0 unspecified atom stereocenters. The molecule has 3 rings (SSSR count). The summed E-state index contributed by atoms with van der Waals surface area (Å²) in [7, 11) is 0. The molecule has 0 saturated heterocycles. The van der Waals surface area contributed by atoms with Gasteiger partial charge in [0.25, 0.3) is 5.91 Å². The molecule has 0 fully saturated rings. The minimum atomic E-state index is -0.0489. The molecule has 3 N–H and O–H groups in total. The van der Waals surface area contributed by atoms with Crippen molar-refractivity contribution >= 4 is 29.0 Å². The van der Waals surface area contributed by atoms with Crippen molar-refractivity contribution in [2.45, 2.75) is 13.3 Å². The molecule has 7 nitrogen and oxygen atoms in total. The fourth-order valence-electron chi connectivity index (χ4n) is 2.55. The molecule has 0 radical (unpaired) electrons. The fraction of sp³-hybridized carbons (Fsp3) is 0.222. The van der Waals surface area contributed by atoms with Gasteiger partial charge in [-0.1, -0.05) is 25.1 Å². The summed E-state index contributed by atoms with van der Waals surface area (Å²) in [6, 6.07) is 9.26. The number of carbonyl (C=O) groups excluding carboxylic acids is 1. The van der Waals surface area contributed by atoms with Crippen LogP contribution in [-0.4, -0.2) is 39.0 Å². The summed E-state index contributed by atoms with van der Waals surface area (Å²) >= 11 is 1.52. The number of benzene rings is 1. The maximum atomic E-state index is 13.1. The van der Waals surface area contributed by atoms with Gasteiger partial charge in [0.2, 0.25) is 5.95 Å². The Balaban J connectivity index is 1.81. The molecule has 0 aliphatic heterocycles. The number of hydrogen-bond acceptors (Lipinski definition) is 7. The number of anilines is 2. The average Bonchev–Trinajstić information content (AvgIpc) is 3.19. The number of carbonyl (C=O) groups is 1. The van der Waals surface area contributed by atoms with E-state index in [4.69, 9.17) is 5.73 Å². The van der Waals surface area contributed by atoms with E-state index in [0.29, 0.717) is 24.6 Å². The monoisotopic (exact) mass is 368 g/mol. The van der Waals surface area contributed by atoms with Crippen molar-refractivity contribution < 1.29 is 4.79 Å². The van der Waals surface area contributed by atoms with E-state index in [9.17, 15) is 4.79 Å². The summed E-state index contributed by atoms with van der Waals surface area (Å²) in [5.74, 6) is 0.726. The predicted molar refractivity (Wildman–Crippen MR) is 104 cm³/mol. The molecule has 1 amide bonds. The Labute approximate surface area is 155 Å². The zero-order chi connectivity index (χ0) is 18.4. The number of aromatic nitrogens is 3. The summed E-state index contributed by atoms with van der Waals surface area (Å²) < 4.78 is 0. The van der Waals surface area contributed by atoms with Gasteiger partial charge >= 0.3 is 0 Å². The smallest absolute Gasteiger partial charge is 0.255 e. The van der Waals surface area contributed by atoms with E-state index < -0.39 is 0 Å². The molecule has 2 aromatic heterocycles. The van der Waals surface area contributed by atoms with Gasteiger partial charge < -0.3 is 16.0 Å². The Morgan fingerprint density at radius 2 is 2.08 bits per heavy atom. The Bertz CT molecular complexity index is 868. The second-order valence-electron chi connectivity index (χ2n) is 5.59. The Morgan fingerprint density at radius 1 is 1.23 bits per heavy atom. The van der Waals surface area contributed by atoms with Crippen LogP contribution in [0.15, 0.2) is 48.1 Å². The van der Waals surface area contributed by atoms with Gasteiger partial charge in [0.05, 0.1) is 6.67 Å². The molecular formula is C18H20N6OS. The number of nitrogens with zero attached hydrogens (tertiary/aromatic N) is 4. The van der Waals surface area contributed by atoms with Crippen molar-refractivity contribution in [3.63, 3.8) is 0 Å². The second-order valence-corrected chi connectivity index (χ2v) is 6.48. The second kappa shape index (κ2) is 8.39. The molecule has 0 spiro atoms. The molecule has 2 heterocycles. The number of rotatable bonds is 7. The lowest BCUT2D eigenvalue weighted by molar-refractivity contribution is 0.0768. The van der Waals surface area contributed by atoms with Crippen LogP contribution in [0.1, 0.15) is 23.7 Å². The van der Waals surface area contributed by atoms with Gasteiger partial charge in [-0.05, 0) is 18.6 Å². The number of nitrogen functional groups attached to an aromatic ring is 1. The summed E-state index contributed by atoms with van der Waals surface area (Å²) in [6.07, 6.45) is 4.17. The first kappa shape index (κ1) is 17.8. The summed E-state index contributed by atoms with van der Waals surface area (Å²) in [5, 5.41) is 5.88. The normalized spacial score (nSPS) is 10.5. The van der Waals surface area contributed by atoms with Gasteiger partial charge in [0.1, 0.15) is 10.8 Å². The quantitative estimate of drug-likeness (QED) is 0.622. The Hall–Kier alpha value is -3.00. The van der Waals surface area contributed by atoms with E-state index in [2.05, 4.69) is 20.3 Å². The zero-order valence-corrected chi connectivity index (χ0v) is 15.2. The van der Waals surface area contributed by atoms with Crippen LogP contribution in [0.25, 0.3) is 10.6 Å². The number of amides is 1. The van der Waals surface area contributed by atoms with E-state index in [-0.39, 0.29) is 11.9 Å². The molecule has 1 aromatic carbocycles. The zero-order valence-electron chi connectivity index (χ0n) is 14.4. The van der Waals surface area contributed by atoms with Crippen molar-refractivity contribution in [1.29, 1.82) is 0 Å². The first-order chi connectivity index (χ1) is 12.7. The van der Waals surface area contributed by atoms with Crippen molar-refractivity contribution in [2.75, 3.05) is 24.3 Å². The minimum Gasteiger partial charge on any atom is -0.368 e. The lowest BCUT2D eigenvalue weighted by Crippen LogP contribution is -2.36. The van der Waals surface area contributed by atoms with Crippen LogP contribution in [-0.2, 0) is 0 Å². The highest BCUT2D eigenvalue weighted by Crippen LogP contribution is 2.26. The molecule has 0 saturated carbocycles. The fourth-order valence-corrected chi connectivity index (χ4v) is 3.23. The minimum absolute atomic E-state index is 0.0489. The maximum Gasteiger partial charge on any atom is 0.255 e. The summed E-state index contributed by atoms with van der Waals surface area (Å²) in [6.45, 7) is 2.99.